The number of benzene rings is 1. The Balaban J connectivity index is 2.16. The number of amides is 1. The molecule has 1 saturated carbocycles. The van der Waals surface area contributed by atoms with E-state index in [0.717, 1.165) is 12.8 Å². The number of carbonyl (C=O) groups excluding carboxylic acids is 1. The van der Waals surface area contributed by atoms with Crippen LogP contribution in [0, 0.1) is 0 Å². The van der Waals surface area contributed by atoms with Crippen LogP contribution in [-0.4, -0.2) is 22.5 Å². The molecule has 0 unspecified atom stereocenters. The molecule has 0 spiro atoms. The molecule has 4 N–H and O–H groups in total. The van der Waals surface area contributed by atoms with Gasteiger partial charge < -0.3 is 16.3 Å². The molecule has 1 amide bonds. The lowest BCUT2D eigenvalue weighted by molar-refractivity contribution is 0.0922. The number of amidine groups is 1. The molecular weight excluding hydrogens is 266 g/mol. The molecule has 0 radical (unpaired) electrons. The summed E-state index contributed by atoms with van der Waals surface area (Å²) in [6.45, 7) is 4.22. The van der Waals surface area contributed by atoms with Gasteiger partial charge in [-0.25, -0.2) is 0 Å². The standard InChI is InChI=1S/C16H23N3O2/c1-11(2)12-5-7-13(8-6-12)14(20)18-16(15(17)19-21)9-3-4-10-16/h5-8,11,21H,3-4,9-10H2,1-2H3,(H2,17,19)(H,18,20). The monoisotopic (exact) mass is 289 g/mol. The lowest BCUT2D eigenvalue weighted by atomic mass is 9.95. The molecule has 21 heavy (non-hydrogen) atoms. The Bertz CT molecular complexity index is 529. The minimum atomic E-state index is -0.706. The minimum Gasteiger partial charge on any atom is -0.409 e. The van der Waals surface area contributed by atoms with Crippen molar-refractivity contribution >= 4 is 11.7 Å². The number of rotatable bonds is 4. The average Bonchev–Trinajstić information content (AvgIpc) is 2.96. The molecule has 114 valence electrons. The summed E-state index contributed by atoms with van der Waals surface area (Å²) in [7, 11) is 0. The SMILES string of the molecule is CC(C)c1ccc(C(=O)NC2(/C(N)=N/O)CCCC2)cc1. The first-order chi connectivity index (χ1) is 9.98. The van der Waals surface area contributed by atoms with Gasteiger partial charge >= 0.3 is 0 Å². The van der Waals surface area contributed by atoms with Gasteiger partial charge in [-0.05, 0) is 36.5 Å². The molecule has 5 nitrogen and oxygen atoms in total. The number of carbonyl (C=O) groups is 1. The third-order valence-corrected chi connectivity index (χ3v) is 4.25. The fourth-order valence-electron chi connectivity index (χ4n) is 2.83. The van der Waals surface area contributed by atoms with E-state index in [1.54, 1.807) is 0 Å². The average molecular weight is 289 g/mol. The first-order valence-corrected chi connectivity index (χ1v) is 7.39. The van der Waals surface area contributed by atoms with Crippen LogP contribution in [0.15, 0.2) is 29.4 Å². The Kier molecular flexibility index (Phi) is 4.50. The molecule has 0 bridgehead atoms. The van der Waals surface area contributed by atoms with E-state index < -0.39 is 5.54 Å². The normalized spacial score (nSPS) is 18.0. The molecule has 0 atom stereocenters. The molecule has 0 aromatic heterocycles. The van der Waals surface area contributed by atoms with Crippen molar-refractivity contribution in [3.05, 3.63) is 35.4 Å². The van der Waals surface area contributed by atoms with Gasteiger partial charge in [0, 0.05) is 5.56 Å². The van der Waals surface area contributed by atoms with Gasteiger partial charge in [-0.15, -0.1) is 0 Å². The van der Waals surface area contributed by atoms with Crippen molar-refractivity contribution in [2.45, 2.75) is 51.0 Å². The zero-order chi connectivity index (χ0) is 15.5. The topological polar surface area (TPSA) is 87.7 Å². The maximum atomic E-state index is 12.4. The smallest absolute Gasteiger partial charge is 0.252 e. The van der Waals surface area contributed by atoms with Crippen molar-refractivity contribution in [3.63, 3.8) is 0 Å². The highest BCUT2D eigenvalue weighted by atomic mass is 16.4. The number of hydrogen-bond acceptors (Lipinski definition) is 3. The Morgan fingerprint density at radius 1 is 1.29 bits per heavy atom. The highest BCUT2D eigenvalue weighted by Crippen LogP contribution is 2.30. The Hall–Kier alpha value is -2.04. The molecule has 0 aliphatic heterocycles. The van der Waals surface area contributed by atoms with Crippen LogP contribution in [0.4, 0.5) is 0 Å². The van der Waals surface area contributed by atoms with Gasteiger partial charge in [0.05, 0.1) is 0 Å². The van der Waals surface area contributed by atoms with Crippen LogP contribution in [0.5, 0.6) is 0 Å². The summed E-state index contributed by atoms with van der Waals surface area (Å²) in [6, 6.07) is 7.56. The van der Waals surface area contributed by atoms with E-state index in [1.807, 2.05) is 24.3 Å². The van der Waals surface area contributed by atoms with Crippen molar-refractivity contribution in [1.29, 1.82) is 0 Å². The second kappa shape index (κ2) is 6.16. The number of nitrogens with two attached hydrogens (primary N) is 1. The van der Waals surface area contributed by atoms with Crippen LogP contribution < -0.4 is 11.1 Å². The van der Waals surface area contributed by atoms with Crippen LogP contribution >= 0.6 is 0 Å². The number of hydrogen-bond donors (Lipinski definition) is 3. The Morgan fingerprint density at radius 2 is 1.86 bits per heavy atom. The van der Waals surface area contributed by atoms with Gasteiger partial charge in [-0.3, -0.25) is 4.79 Å². The molecule has 1 aliphatic rings. The zero-order valence-electron chi connectivity index (χ0n) is 12.6. The number of nitrogens with one attached hydrogen (secondary N) is 1. The summed E-state index contributed by atoms with van der Waals surface area (Å²) in [6.07, 6.45) is 3.34. The van der Waals surface area contributed by atoms with Gasteiger partial charge in [-0.1, -0.05) is 44.0 Å². The summed E-state index contributed by atoms with van der Waals surface area (Å²) in [5.74, 6) is 0.339. The minimum absolute atomic E-state index is 0.0900. The van der Waals surface area contributed by atoms with Gasteiger partial charge in [0.2, 0.25) is 0 Å². The molecule has 2 rings (SSSR count). The second-order valence-electron chi connectivity index (χ2n) is 6.01. The van der Waals surface area contributed by atoms with E-state index in [-0.39, 0.29) is 11.7 Å². The maximum Gasteiger partial charge on any atom is 0.252 e. The summed E-state index contributed by atoms with van der Waals surface area (Å²) < 4.78 is 0. The van der Waals surface area contributed by atoms with Crippen LogP contribution in [0.3, 0.4) is 0 Å². The molecule has 1 aliphatic carbocycles. The third kappa shape index (κ3) is 3.17. The predicted octanol–water partition coefficient (Wildman–Crippen LogP) is 2.60. The van der Waals surface area contributed by atoms with Crippen molar-refractivity contribution in [2.24, 2.45) is 10.9 Å². The maximum absolute atomic E-state index is 12.4. The molecule has 1 fully saturated rings. The van der Waals surface area contributed by atoms with Crippen LogP contribution in [0.2, 0.25) is 0 Å². The fraction of sp³-hybridized carbons (Fsp3) is 0.500. The van der Waals surface area contributed by atoms with E-state index in [1.165, 1.54) is 5.56 Å². The summed E-state index contributed by atoms with van der Waals surface area (Å²) >= 11 is 0. The van der Waals surface area contributed by atoms with Gasteiger partial charge in [0.25, 0.3) is 5.91 Å². The van der Waals surface area contributed by atoms with Crippen LogP contribution in [0.25, 0.3) is 0 Å². The zero-order valence-corrected chi connectivity index (χ0v) is 12.6. The largest absolute Gasteiger partial charge is 0.409 e. The molecule has 0 heterocycles. The van der Waals surface area contributed by atoms with Gasteiger partial charge in [0.1, 0.15) is 5.54 Å². The van der Waals surface area contributed by atoms with Crippen molar-refractivity contribution < 1.29 is 10.0 Å². The van der Waals surface area contributed by atoms with Gasteiger partial charge in [-0.2, -0.15) is 0 Å². The lowest BCUT2D eigenvalue weighted by Gasteiger charge is -2.28. The van der Waals surface area contributed by atoms with Crippen LogP contribution in [-0.2, 0) is 0 Å². The third-order valence-electron chi connectivity index (χ3n) is 4.25. The highest BCUT2D eigenvalue weighted by Gasteiger charge is 2.39. The lowest BCUT2D eigenvalue weighted by Crippen LogP contribution is -2.55. The first kappa shape index (κ1) is 15.4. The van der Waals surface area contributed by atoms with E-state index in [9.17, 15) is 4.79 Å². The first-order valence-electron chi connectivity index (χ1n) is 7.39. The van der Waals surface area contributed by atoms with E-state index in [4.69, 9.17) is 10.9 Å². The highest BCUT2D eigenvalue weighted by molar-refractivity contribution is 6.00. The van der Waals surface area contributed by atoms with Crippen molar-refractivity contribution in [2.75, 3.05) is 0 Å². The van der Waals surface area contributed by atoms with Gasteiger partial charge in [0.15, 0.2) is 5.84 Å². The van der Waals surface area contributed by atoms with E-state index in [2.05, 4.69) is 24.3 Å². The van der Waals surface area contributed by atoms with Crippen molar-refractivity contribution in [3.8, 4) is 0 Å². The number of oxime groups is 1. The predicted molar refractivity (Wildman–Crippen MR) is 82.6 cm³/mol. The summed E-state index contributed by atoms with van der Waals surface area (Å²) in [4.78, 5) is 12.4. The Labute approximate surface area is 125 Å². The Morgan fingerprint density at radius 3 is 2.33 bits per heavy atom. The molecule has 1 aromatic rings. The quantitative estimate of drug-likeness (QED) is 0.344. The second-order valence-corrected chi connectivity index (χ2v) is 6.01. The summed E-state index contributed by atoms with van der Waals surface area (Å²) in [5.41, 5.74) is 6.87. The fourth-order valence-corrected chi connectivity index (χ4v) is 2.83. The van der Waals surface area contributed by atoms with Crippen molar-refractivity contribution in [1.82, 2.24) is 5.32 Å². The molecular formula is C16H23N3O2. The summed E-state index contributed by atoms with van der Waals surface area (Å²) in [5, 5.41) is 15.0. The van der Waals surface area contributed by atoms with Crippen LogP contribution in [0.1, 0.15) is 61.4 Å². The molecule has 1 aromatic carbocycles. The molecule has 0 saturated heterocycles. The van der Waals surface area contributed by atoms with E-state index >= 15 is 0 Å². The molecule has 5 heteroatoms. The number of nitrogens with zero attached hydrogens (tertiary/aromatic N) is 1. The van der Waals surface area contributed by atoms with E-state index in [0.29, 0.717) is 24.3 Å².